The quantitative estimate of drug-likeness (QED) is 0.627. The first-order chi connectivity index (χ1) is 6.54. The first-order valence-corrected chi connectivity index (χ1v) is 4.03. The predicted molar refractivity (Wildman–Crippen MR) is 47.6 cm³/mol. The van der Waals surface area contributed by atoms with Gasteiger partial charge in [0.15, 0.2) is 6.10 Å². The Morgan fingerprint density at radius 1 is 1.50 bits per heavy atom. The summed E-state index contributed by atoms with van der Waals surface area (Å²) in [6.07, 6.45) is -0.306. The Hall–Kier alpha value is -1.46. The van der Waals surface area contributed by atoms with Crippen molar-refractivity contribution in [1.29, 1.82) is 0 Å². The average Bonchev–Trinajstić information content (AvgIpc) is 2.16. The van der Waals surface area contributed by atoms with E-state index < -0.39 is 18.2 Å². The molecule has 0 spiro atoms. The molecule has 1 aromatic rings. The molecule has 2 atom stereocenters. The molecule has 1 rings (SSSR count). The van der Waals surface area contributed by atoms with Crippen molar-refractivity contribution >= 4 is 5.97 Å². The lowest BCUT2D eigenvalue weighted by Gasteiger charge is -2.15. The van der Waals surface area contributed by atoms with Gasteiger partial charge in [-0.05, 0) is 24.1 Å². The van der Waals surface area contributed by atoms with E-state index in [0.717, 1.165) is 0 Å². The largest absolute Gasteiger partial charge is 0.479 e. The van der Waals surface area contributed by atoms with Crippen molar-refractivity contribution in [3.63, 3.8) is 0 Å². The number of aryl methyl sites for hydroxylation is 1. The van der Waals surface area contributed by atoms with E-state index in [1.807, 2.05) is 0 Å². The topological polar surface area (TPSA) is 90.7 Å². The van der Waals surface area contributed by atoms with E-state index in [4.69, 9.17) is 10.2 Å². The summed E-state index contributed by atoms with van der Waals surface area (Å²) < 4.78 is 0. The van der Waals surface area contributed by atoms with E-state index >= 15 is 0 Å². The van der Waals surface area contributed by atoms with Crippen LogP contribution in [-0.2, 0) is 4.79 Å². The van der Waals surface area contributed by atoms with E-state index in [0.29, 0.717) is 11.1 Å². The van der Waals surface area contributed by atoms with Gasteiger partial charge in [0, 0.05) is 12.4 Å². The maximum Gasteiger partial charge on any atom is 0.335 e. The molecule has 1 heterocycles. The van der Waals surface area contributed by atoms with Gasteiger partial charge < -0.3 is 15.3 Å². The molecule has 76 valence electrons. The number of aliphatic hydroxyl groups excluding tert-OH is 2. The zero-order valence-electron chi connectivity index (χ0n) is 7.58. The lowest BCUT2D eigenvalue weighted by Crippen LogP contribution is -2.27. The Morgan fingerprint density at radius 2 is 2.14 bits per heavy atom. The van der Waals surface area contributed by atoms with Crippen LogP contribution >= 0.6 is 0 Å². The summed E-state index contributed by atoms with van der Waals surface area (Å²) in [5, 5.41) is 27.1. The van der Waals surface area contributed by atoms with Gasteiger partial charge in [0.1, 0.15) is 6.10 Å². The van der Waals surface area contributed by atoms with Gasteiger partial charge in [-0.3, -0.25) is 4.98 Å². The van der Waals surface area contributed by atoms with E-state index in [2.05, 4.69) is 4.98 Å². The summed E-state index contributed by atoms with van der Waals surface area (Å²) in [7, 11) is 0. The Balaban J connectivity index is 2.94. The number of carboxylic acid groups (broad SMARTS) is 1. The van der Waals surface area contributed by atoms with E-state index in [1.54, 1.807) is 6.92 Å². The number of carbonyl (C=O) groups is 1. The van der Waals surface area contributed by atoms with Crippen molar-refractivity contribution in [2.24, 2.45) is 0 Å². The Morgan fingerprint density at radius 3 is 2.64 bits per heavy atom. The third-order valence-electron chi connectivity index (χ3n) is 1.93. The van der Waals surface area contributed by atoms with Crippen LogP contribution in [0.2, 0.25) is 0 Å². The number of aromatic nitrogens is 1. The molecule has 0 aliphatic carbocycles. The normalized spacial score (nSPS) is 14.8. The molecule has 3 N–H and O–H groups in total. The number of hydrogen-bond acceptors (Lipinski definition) is 4. The van der Waals surface area contributed by atoms with Gasteiger partial charge in [-0.25, -0.2) is 4.79 Å². The maximum absolute atomic E-state index is 10.4. The lowest BCUT2D eigenvalue weighted by molar-refractivity contribution is -0.153. The van der Waals surface area contributed by atoms with Crippen molar-refractivity contribution in [3.05, 3.63) is 29.6 Å². The SMILES string of the molecule is Cc1cnccc1C(O)C(O)C(=O)O. The summed E-state index contributed by atoms with van der Waals surface area (Å²) in [6, 6.07) is 1.48. The van der Waals surface area contributed by atoms with Crippen LogP contribution in [0.3, 0.4) is 0 Å². The smallest absolute Gasteiger partial charge is 0.335 e. The number of aliphatic carboxylic acids is 1. The highest BCUT2D eigenvalue weighted by atomic mass is 16.4. The summed E-state index contributed by atoms with van der Waals surface area (Å²) in [4.78, 5) is 14.2. The Kier molecular flexibility index (Phi) is 3.16. The van der Waals surface area contributed by atoms with Crippen LogP contribution in [0, 0.1) is 6.92 Å². The van der Waals surface area contributed by atoms with Gasteiger partial charge in [0.2, 0.25) is 0 Å². The second-order valence-electron chi connectivity index (χ2n) is 2.96. The monoisotopic (exact) mass is 197 g/mol. The third-order valence-corrected chi connectivity index (χ3v) is 1.93. The van der Waals surface area contributed by atoms with Crippen molar-refractivity contribution in [2.45, 2.75) is 19.1 Å². The second kappa shape index (κ2) is 4.17. The van der Waals surface area contributed by atoms with Crippen molar-refractivity contribution < 1.29 is 20.1 Å². The van der Waals surface area contributed by atoms with Crippen LogP contribution in [0.25, 0.3) is 0 Å². The molecule has 0 aliphatic heterocycles. The van der Waals surface area contributed by atoms with Crippen LogP contribution in [-0.4, -0.2) is 32.4 Å². The lowest BCUT2D eigenvalue weighted by atomic mass is 10.0. The van der Waals surface area contributed by atoms with E-state index in [1.165, 1.54) is 18.5 Å². The molecule has 0 bridgehead atoms. The minimum atomic E-state index is -1.81. The number of carboxylic acids is 1. The van der Waals surface area contributed by atoms with Crippen LogP contribution in [0.15, 0.2) is 18.5 Å². The summed E-state index contributed by atoms with van der Waals surface area (Å²) >= 11 is 0. The zero-order chi connectivity index (χ0) is 10.7. The molecule has 0 saturated carbocycles. The highest BCUT2D eigenvalue weighted by Crippen LogP contribution is 2.19. The number of pyridine rings is 1. The molecule has 5 heteroatoms. The average molecular weight is 197 g/mol. The fourth-order valence-corrected chi connectivity index (χ4v) is 1.12. The second-order valence-corrected chi connectivity index (χ2v) is 2.96. The van der Waals surface area contributed by atoms with E-state index in [9.17, 15) is 9.90 Å². The van der Waals surface area contributed by atoms with E-state index in [-0.39, 0.29) is 0 Å². The number of aliphatic hydroxyl groups is 2. The van der Waals surface area contributed by atoms with Crippen LogP contribution < -0.4 is 0 Å². The minimum absolute atomic E-state index is 0.370. The third kappa shape index (κ3) is 2.07. The van der Waals surface area contributed by atoms with Gasteiger partial charge in [-0.15, -0.1) is 0 Å². The molecule has 0 aromatic carbocycles. The number of hydrogen-bond donors (Lipinski definition) is 3. The Bertz CT molecular complexity index is 339. The molecule has 0 saturated heterocycles. The molecular weight excluding hydrogens is 186 g/mol. The Labute approximate surface area is 80.7 Å². The zero-order valence-corrected chi connectivity index (χ0v) is 7.58. The fraction of sp³-hybridized carbons (Fsp3) is 0.333. The summed E-state index contributed by atoms with van der Waals surface area (Å²) in [6.45, 7) is 1.68. The van der Waals surface area contributed by atoms with Gasteiger partial charge in [-0.1, -0.05) is 0 Å². The van der Waals surface area contributed by atoms with Crippen molar-refractivity contribution in [1.82, 2.24) is 4.98 Å². The predicted octanol–water partition coefficient (Wildman–Crippen LogP) is -0.131. The number of nitrogens with zero attached hydrogens (tertiary/aromatic N) is 1. The van der Waals surface area contributed by atoms with Crippen LogP contribution in [0.4, 0.5) is 0 Å². The first kappa shape index (κ1) is 10.6. The molecular formula is C9H11NO4. The van der Waals surface area contributed by atoms with Crippen LogP contribution in [0.5, 0.6) is 0 Å². The van der Waals surface area contributed by atoms with Gasteiger partial charge in [0.05, 0.1) is 0 Å². The van der Waals surface area contributed by atoms with Gasteiger partial charge >= 0.3 is 5.97 Å². The minimum Gasteiger partial charge on any atom is -0.479 e. The standard InChI is InChI=1S/C9H11NO4/c1-5-4-10-3-2-6(5)7(11)8(12)9(13)14/h2-4,7-8,11-12H,1H3,(H,13,14). The highest BCUT2D eigenvalue weighted by Gasteiger charge is 2.25. The fourth-order valence-electron chi connectivity index (χ4n) is 1.12. The maximum atomic E-state index is 10.4. The van der Waals surface area contributed by atoms with Gasteiger partial charge in [0.25, 0.3) is 0 Å². The molecule has 0 aliphatic rings. The summed E-state index contributed by atoms with van der Waals surface area (Å²) in [5.41, 5.74) is 1.01. The molecule has 0 amide bonds. The molecule has 0 fully saturated rings. The van der Waals surface area contributed by atoms with Crippen LogP contribution in [0.1, 0.15) is 17.2 Å². The highest BCUT2D eigenvalue weighted by molar-refractivity contribution is 5.73. The first-order valence-electron chi connectivity index (χ1n) is 4.03. The van der Waals surface area contributed by atoms with Gasteiger partial charge in [-0.2, -0.15) is 0 Å². The molecule has 2 unspecified atom stereocenters. The summed E-state index contributed by atoms with van der Waals surface area (Å²) in [5.74, 6) is -1.45. The molecule has 5 nitrogen and oxygen atoms in total. The molecule has 1 aromatic heterocycles. The van der Waals surface area contributed by atoms with Crippen molar-refractivity contribution in [3.8, 4) is 0 Å². The molecule has 0 radical (unpaired) electrons. The molecule has 14 heavy (non-hydrogen) atoms. The van der Waals surface area contributed by atoms with Crippen molar-refractivity contribution in [2.75, 3.05) is 0 Å². The number of rotatable bonds is 3.